The first-order chi connectivity index (χ1) is 14.6. The van der Waals surface area contributed by atoms with Crippen molar-refractivity contribution in [1.29, 1.82) is 0 Å². The van der Waals surface area contributed by atoms with Crippen LogP contribution in [0, 0.1) is 10.1 Å². The second-order valence-corrected chi connectivity index (χ2v) is 7.70. The van der Waals surface area contributed by atoms with Gasteiger partial charge in [0.2, 0.25) is 5.89 Å². The standard InChI is InChI=1S/C22H13N3O4S/c26-21(20-12-14-11-16(25(27)28)8-9-19(14)30-20)23-15-5-3-4-13(10-15)22-24-17-6-1-2-7-18(17)29-22/h1-12H,(H,23,26). The number of benzene rings is 3. The number of fused-ring (bicyclic) bond motifs is 2. The maximum atomic E-state index is 12.7. The van der Waals surface area contributed by atoms with E-state index in [-0.39, 0.29) is 11.6 Å². The molecule has 5 rings (SSSR count). The van der Waals surface area contributed by atoms with Gasteiger partial charge < -0.3 is 9.73 Å². The van der Waals surface area contributed by atoms with Gasteiger partial charge in [-0.05, 0) is 42.5 Å². The molecule has 3 aromatic carbocycles. The molecule has 0 atom stereocenters. The predicted molar refractivity (Wildman–Crippen MR) is 116 cm³/mol. The summed E-state index contributed by atoms with van der Waals surface area (Å²) in [5.41, 5.74) is 2.81. The Bertz CT molecular complexity index is 1400. The van der Waals surface area contributed by atoms with E-state index in [0.29, 0.717) is 27.4 Å². The van der Waals surface area contributed by atoms with E-state index in [9.17, 15) is 14.9 Å². The molecule has 0 spiro atoms. The van der Waals surface area contributed by atoms with Crippen LogP contribution in [-0.2, 0) is 0 Å². The molecule has 8 heteroatoms. The molecule has 0 saturated heterocycles. The molecule has 0 fully saturated rings. The number of rotatable bonds is 4. The highest BCUT2D eigenvalue weighted by atomic mass is 32.1. The van der Waals surface area contributed by atoms with E-state index in [1.807, 2.05) is 36.4 Å². The van der Waals surface area contributed by atoms with Crippen LogP contribution in [0.3, 0.4) is 0 Å². The molecule has 1 amide bonds. The number of hydrogen-bond donors (Lipinski definition) is 1. The van der Waals surface area contributed by atoms with Gasteiger partial charge in [-0.2, -0.15) is 0 Å². The van der Waals surface area contributed by atoms with Crippen molar-refractivity contribution in [2.45, 2.75) is 0 Å². The molecule has 2 heterocycles. The molecule has 146 valence electrons. The number of aromatic nitrogens is 1. The fourth-order valence-corrected chi connectivity index (χ4v) is 4.11. The number of oxazole rings is 1. The van der Waals surface area contributed by atoms with Crippen LogP contribution in [0.25, 0.3) is 32.6 Å². The van der Waals surface area contributed by atoms with Crippen molar-refractivity contribution in [3.63, 3.8) is 0 Å². The summed E-state index contributed by atoms with van der Waals surface area (Å²) in [7, 11) is 0. The van der Waals surface area contributed by atoms with E-state index in [2.05, 4.69) is 10.3 Å². The molecule has 0 aliphatic heterocycles. The summed E-state index contributed by atoms with van der Waals surface area (Å²) in [5, 5.41) is 14.5. The largest absolute Gasteiger partial charge is 0.436 e. The van der Waals surface area contributed by atoms with E-state index < -0.39 is 4.92 Å². The fraction of sp³-hybridized carbons (Fsp3) is 0. The molecule has 5 aromatic rings. The Hall–Kier alpha value is -4.04. The highest BCUT2D eigenvalue weighted by Gasteiger charge is 2.14. The third-order valence-electron chi connectivity index (χ3n) is 4.60. The smallest absolute Gasteiger partial charge is 0.270 e. The first kappa shape index (κ1) is 18.0. The van der Waals surface area contributed by atoms with Crippen LogP contribution in [0.1, 0.15) is 9.67 Å². The highest BCUT2D eigenvalue weighted by Crippen LogP contribution is 2.30. The molecule has 1 N–H and O–H groups in total. The number of anilines is 1. The van der Waals surface area contributed by atoms with Crippen molar-refractivity contribution < 1.29 is 14.1 Å². The minimum atomic E-state index is -0.450. The van der Waals surface area contributed by atoms with Crippen molar-refractivity contribution in [1.82, 2.24) is 4.98 Å². The summed E-state index contributed by atoms with van der Waals surface area (Å²) in [6.45, 7) is 0. The number of non-ortho nitro benzene ring substituents is 1. The zero-order chi connectivity index (χ0) is 20.7. The van der Waals surface area contributed by atoms with Gasteiger partial charge in [-0.3, -0.25) is 14.9 Å². The van der Waals surface area contributed by atoms with Gasteiger partial charge in [0.1, 0.15) is 5.52 Å². The van der Waals surface area contributed by atoms with Gasteiger partial charge >= 0.3 is 0 Å². The summed E-state index contributed by atoms with van der Waals surface area (Å²) in [6.07, 6.45) is 0. The molecule has 0 saturated carbocycles. The van der Waals surface area contributed by atoms with Crippen LogP contribution in [0.4, 0.5) is 11.4 Å². The number of nitro groups is 1. The van der Waals surface area contributed by atoms with Crippen LogP contribution in [0.15, 0.2) is 77.2 Å². The lowest BCUT2D eigenvalue weighted by molar-refractivity contribution is -0.384. The zero-order valence-electron chi connectivity index (χ0n) is 15.4. The van der Waals surface area contributed by atoms with Gasteiger partial charge in [0, 0.05) is 33.5 Å². The zero-order valence-corrected chi connectivity index (χ0v) is 16.2. The monoisotopic (exact) mass is 415 g/mol. The average Bonchev–Trinajstić information content (AvgIpc) is 3.37. The van der Waals surface area contributed by atoms with E-state index in [4.69, 9.17) is 4.42 Å². The third kappa shape index (κ3) is 3.29. The normalized spacial score (nSPS) is 11.1. The van der Waals surface area contributed by atoms with Crippen molar-refractivity contribution in [3.8, 4) is 11.5 Å². The molecule has 2 aromatic heterocycles. The summed E-state index contributed by atoms with van der Waals surface area (Å²) in [4.78, 5) is 28.2. The average molecular weight is 415 g/mol. The Morgan fingerprint density at radius 2 is 1.90 bits per heavy atom. The van der Waals surface area contributed by atoms with Gasteiger partial charge in [-0.1, -0.05) is 18.2 Å². The van der Waals surface area contributed by atoms with Crippen LogP contribution in [-0.4, -0.2) is 15.8 Å². The van der Waals surface area contributed by atoms with Gasteiger partial charge in [0.15, 0.2) is 5.58 Å². The molecular weight excluding hydrogens is 402 g/mol. The number of carbonyl (C=O) groups excluding carboxylic acids is 1. The Balaban J connectivity index is 1.41. The number of amides is 1. The molecule has 0 aliphatic rings. The summed E-state index contributed by atoms with van der Waals surface area (Å²) in [6, 6.07) is 21.0. The molecule has 7 nitrogen and oxygen atoms in total. The maximum Gasteiger partial charge on any atom is 0.270 e. The number of thiophene rings is 1. The minimum absolute atomic E-state index is 0.00158. The summed E-state index contributed by atoms with van der Waals surface area (Å²) >= 11 is 1.28. The van der Waals surface area contributed by atoms with Crippen LogP contribution >= 0.6 is 11.3 Å². The Morgan fingerprint density at radius 1 is 1.03 bits per heavy atom. The number of nitrogens with zero attached hydrogens (tertiary/aromatic N) is 2. The van der Waals surface area contributed by atoms with E-state index in [0.717, 1.165) is 15.8 Å². The first-order valence-electron chi connectivity index (χ1n) is 9.02. The minimum Gasteiger partial charge on any atom is -0.436 e. The number of nitrogens with one attached hydrogen (secondary N) is 1. The number of para-hydroxylation sites is 2. The van der Waals surface area contributed by atoms with Crippen LogP contribution in [0.5, 0.6) is 0 Å². The van der Waals surface area contributed by atoms with Gasteiger partial charge in [0.05, 0.1) is 9.80 Å². The van der Waals surface area contributed by atoms with Crippen molar-refractivity contribution >= 4 is 49.8 Å². The quantitative estimate of drug-likeness (QED) is 0.292. The van der Waals surface area contributed by atoms with Crippen molar-refractivity contribution in [2.24, 2.45) is 0 Å². The molecule has 0 radical (unpaired) electrons. The lowest BCUT2D eigenvalue weighted by Crippen LogP contribution is -2.09. The molecular formula is C22H13N3O4S. The fourth-order valence-electron chi connectivity index (χ4n) is 3.17. The van der Waals surface area contributed by atoms with E-state index >= 15 is 0 Å². The highest BCUT2D eigenvalue weighted by molar-refractivity contribution is 7.20. The number of nitro benzene ring substituents is 1. The topological polar surface area (TPSA) is 98.3 Å². The first-order valence-corrected chi connectivity index (χ1v) is 9.84. The molecule has 0 aliphatic carbocycles. The predicted octanol–water partition coefficient (Wildman–Crippen LogP) is 5.87. The van der Waals surface area contributed by atoms with Crippen LogP contribution < -0.4 is 5.32 Å². The van der Waals surface area contributed by atoms with Crippen LogP contribution in [0.2, 0.25) is 0 Å². The molecule has 0 unspecified atom stereocenters. The van der Waals surface area contributed by atoms with E-state index in [1.54, 1.807) is 24.3 Å². The summed E-state index contributed by atoms with van der Waals surface area (Å²) in [5.74, 6) is 0.190. The molecule has 30 heavy (non-hydrogen) atoms. The van der Waals surface area contributed by atoms with Crippen molar-refractivity contribution in [2.75, 3.05) is 5.32 Å². The second kappa shape index (κ2) is 7.09. The maximum absolute atomic E-state index is 12.7. The van der Waals surface area contributed by atoms with Crippen molar-refractivity contribution in [3.05, 3.63) is 87.8 Å². The van der Waals surface area contributed by atoms with Gasteiger partial charge in [-0.15, -0.1) is 11.3 Å². The lowest BCUT2D eigenvalue weighted by Gasteiger charge is -2.04. The Labute approximate surface area is 173 Å². The number of carbonyl (C=O) groups is 1. The lowest BCUT2D eigenvalue weighted by atomic mass is 10.2. The number of hydrogen-bond acceptors (Lipinski definition) is 6. The third-order valence-corrected chi connectivity index (χ3v) is 5.71. The van der Waals surface area contributed by atoms with E-state index in [1.165, 1.54) is 23.5 Å². The summed E-state index contributed by atoms with van der Waals surface area (Å²) < 4.78 is 6.60. The van der Waals surface area contributed by atoms with Gasteiger partial charge in [-0.25, -0.2) is 4.98 Å². The second-order valence-electron chi connectivity index (χ2n) is 6.61. The molecule has 0 bridgehead atoms. The van der Waals surface area contributed by atoms with Gasteiger partial charge in [0.25, 0.3) is 11.6 Å². The Morgan fingerprint density at radius 3 is 2.73 bits per heavy atom. The SMILES string of the molecule is O=C(Nc1cccc(-c2nc3ccccc3o2)c1)c1cc2cc([N+](=O)[O-])ccc2s1. The Kier molecular flexibility index (Phi) is 4.26.